The monoisotopic (exact) mass is 300 g/mol. The second kappa shape index (κ2) is 7.28. The molecule has 3 nitrogen and oxygen atoms in total. The number of nitrogens with zero attached hydrogens (tertiary/aromatic N) is 1. The zero-order valence-electron chi connectivity index (χ0n) is 13.6. The predicted molar refractivity (Wildman–Crippen MR) is 89.9 cm³/mol. The largest absolute Gasteiger partial charge is 0.337 e. The first-order chi connectivity index (χ1) is 10.7. The first kappa shape index (κ1) is 15.5. The molecule has 0 spiro atoms. The maximum atomic E-state index is 12.7. The Morgan fingerprint density at radius 3 is 2.50 bits per heavy atom. The summed E-state index contributed by atoms with van der Waals surface area (Å²) in [4.78, 5) is 14.7. The van der Waals surface area contributed by atoms with Gasteiger partial charge in [0.05, 0.1) is 0 Å². The van der Waals surface area contributed by atoms with E-state index in [1.165, 1.54) is 38.5 Å². The SMILES string of the molecule is CC1CC(NC2CCCCC2)CN(C(=O)c2ccccc2)C1. The molecule has 1 saturated heterocycles. The van der Waals surface area contributed by atoms with Crippen molar-refractivity contribution in [1.82, 2.24) is 10.2 Å². The second-order valence-corrected chi connectivity index (χ2v) is 7.12. The van der Waals surface area contributed by atoms with E-state index in [-0.39, 0.29) is 5.91 Å². The highest BCUT2D eigenvalue weighted by Crippen LogP contribution is 2.22. The van der Waals surface area contributed by atoms with E-state index < -0.39 is 0 Å². The second-order valence-electron chi connectivity index (χ2n) is 7.12. The molecule has 2 fully saturated rings. The Labute approximate surface area is 134 Å². The lowest BCUT2D eigenvalue weighted by atomic mass is 9.91. The summed E-state index contributed by atoms with van der Waals surface area (Å²) in [7, 11) is 0. The maximum Gasteiger partial charge on any atom is 0.253 e. The van der Waals surface area contributed by atoms with Crippen LogP contribution in [0.3, 0.4) is 0 Å². The topological polar surface area (TPSA) is 32.3 Å². The number of piperidine rings is 1. The Balaban J connectivity index is 1.61. The lowest BCUT2D eigenvalue weighted by Gasteiger charge is -2.39. The molecule has 1 aromatic rings. The van der Waals surface area contributed by atoms with E-state index >= 15 is 0 Å². The molecule has 2 unspecified atom stereocenters. The normalized spacial score (nSPS) is 26.9. The molecule has 0 bridgehead atoms. The summed E-state index contributed by atoms with van der Waals surface area (Å²) in [5, 5.41) is 3.83. The Morgan fingerprint density at radius 1 is 1.05 bits per heavy atom. The van der Waals surface area contributed by atoms with Crippen molar-refractivity contribution in [2.24, 2.45) is 5.92 Å². The molecule has 1 amide bonds. The molecule has 120 valence electrons. The van der Waals surface area contributed by atoms with Crippen LogP contribution in [0.2, 0.25) is 0 Å². The molecule has 3 rings (SSSR count). The number of carbonyl (C=O) groups excluding carboxylic acids is 1. The third-order valence-corrected chi connectivity index (χ3v) is 5.04. The molecule has 1 N–H and O–H groups in total. The number of rotatable bonds is 3. The molecule has 0 aromatic heterocycles. The van der Waals surface area contributed by atoms with Gasteiger partial charge in [0.2, 0.25) is 0 Å². The fourth-order valence-corrected chi connectivity index (χ4v) is 4.00. The van der Waals surface area contributed by atoms with Crippen molar-refractivity contribution in [2.75, 3.05) is 13.1 Å². The van der Waals surface area contributed by atoms with Gasteiger partial charge in [-0.2, -0.15) is 0 Å². The smallest absolute Gasteiger partial charge is 0.253 e. The minimum absolute atomic E-state index is 0.183. The van der Waals surface area contributed by atoms with Crippen LogP contribution in [0.25, 0.3) is 0 Å². The van der Waals surface area contributed by atoms with Crippen molar-refractivity contribution >= 4 is 5.91 Å². The van der Waals surface area contributed by atoms with E-state index in [1.54, 1.807) is 0 Å². The first-order valence-electron chi connectivity index (χ1n) is 8.83. The van der Waals surface area contributed by atoms with Crippen molar-refractivity contribution in [1.29, 1.82) is 0 Å². The summed E-state index contributed by atoms with van der Waals surface area (Å²) in [5.41, 5.74) is 0.813. The molecule has 2 aliphatic rings. The Kier molecular flexibility index (Phi) is 5.14. The van der Waals surface area contributed by atoms with Crippen LogP contribution in [0, 0.1) is 5.92 Å². The molecular formula is C19H28N2O. The van der Waals surface area contributed by atoms with Crippen LogP contribution in [0.1, 0.15) is 55.8 Å². The van der Waals surface area contributed by atoms with Gasteiger partial charge in [0.1, 0.15) is 0 Å². The van der Waals surface area contributed by atoms with Crippen LogP contribution >= 0.6 is 0 Å². The van der Waals surface area contributed by atoms with Crippen molar-refractivity contribution in [2.45, 2.75) is 57.5 Å². The molecule has 1 aromatic carbocycles. The van der Waals surface area contributed by atoms with Crippen molar-refractivity contribution < 1.29 is 4.79 Å². The predicted octanol–water partition coefficient (Wildman–Crippen LogP) is 3.46. The quantitative estimate of drug-likeness (QED) is 0.927. The van der Waals surface area contributed by atoms with Crippen LogP contribution in [0.5, 0.6) is 0 Å². The van der Waals surface area contributed by atoms with Gasteiger partial charge >= 0.3 is 0 Å². The summed E-state index contributed by atoms with van der Waals surface area (Å²) < 4.78 is 0. The maximum absolute atomic E-state index is 12.7. The Morgan fingerprint density at radius 2 is 1.77 bits per heavy atom. The van der Waals surface area contributed by atoms with Crippen LogP contribution in [0.4, 0.5) is 0 Å². The van der Waals surface area contributed by atoms with Gasteiger partial charge in [-0.3, -0.25) is 4.79 Å². The molecule has 2 atom stereocenters. The summed E-state index contributed by atoms with van der Waals surface area (Å²) in [5.74, 6) is 0.755. The van der Waals surface area contributed by atoms with E-state index in [4.69, 9.17) is 0 Å². The van der Waals surface area contributed by atoms with Gasteiger partial charge in [-0.1, -0.05) is 44.4 Å². The molecular weight excluding hydrogens is 272 g/mol. The molecule has 22 heavy (non-hydrogen) atoms. The molecule has 1 aliphatic heterocycles. The summed E-state index contributed by atoms with van der Waals surface area (Å²) in [6.07, 6.45) is 7.89. The Bertz CT molecular complexity index is 481. The zero-order valence-corrected chi connectivity index (χ0v) is 13.6. The minimum Gasteiger partial charge on any atom is -0.337 e. The van der Waals surface area contributed by atoms with Gasteiger partial charge in [-0.25, -0.2) is 0 Å². The van der Waals surface area contributed by atoms with E-state index in [2.05, 4.69) is 12.2 Å². The van der Waals surface area contributed by atoms with Crippen LogP contribution in [-0.4, -0.2) is 36.0 Å². The van der Waals surface area contributed by atoms with Crippen molar-refractivity contribution in [3.05, 3.63) is 35.9 Å². The summed E-state index contributed by atoms with van der Waals surface area (Å²) in [6, 6.07) is 10.8. The van der Waals surface area contributed by atoms with Crippen LogP contribution in [-0.2, 0) is 0 Å². The lowest BCUT2D eigenvalue weighted by molar-refractivity contribution is 0.0628. The van der Waals surface area contributed by atoms with E-state index in [0.29, 0.717) is 18.0 Å². The van der Waals surface area contributed by atoms with Gasteiger partial charge < -0.3 is 10.2 Å². The third kappa shape index (κ3) is 3.89. The number of nitrogens with one attached hydrogen (secondary N) is 1. The Hall–Kier alpha value is -1.35. The van der Waals surface area contributed by atoms with E-state index in [0.717, 1.165) is 18.7 Å². The molecule has 1 saturated carbocycles. The van der Waals surface area contributed by atoms with Gasteiger partial charge in [0, 0.05) is 30.7 Å². The highest BCUT2D eigenvalue weighted by molar-refractivity contribution is 5.94. The number of hydrogen-bond acceptors (Lipinski definition) is 2. The first-order valence-corrected chi connectivity index (χ1v) is 8.83. The minimum atomic E-state index is 0.183. The standard InChI is InChI=1S/C19H28N2O/c1-15-12-18(20-17-10-6-3-7-11-17)14-21(13-15)19(22)16-8-4-2-5-9-16/h2,4-5,8-9,15,17-18,20H,3,6-7,10-14H2,1H3. The van der Waals surface area contributed by atoms with E-state index in [9.17, 15) is 4.79 Å². The average Bonchev–Trinajstić information content (AvgIpc) is 2.55. The number of benzene rings is 1. The zero-order chi connectivity index (χ0) is 15.4. The summed E-state index contributed by atoms with van der Waals surface area (Å²) in [6.45, 7) is 4.01. The number of amides is 1. The van der Waals surface area contributed by atoms with Gasteiger partial charge in [-0.05, 0) is 37.3 Å². The van der Waals surface area contributed by atoms with Crippen LogP contribution < -0.4 is 5.32 Å². The average molecular weight is 300 g/mol. The van der Waals surface area contributed by atoms with Gasteiger partial charge in [0.25, 0.3) is 5.91 Å². The fourth-order valence-electron chi connectivity index (χ4n) is 4.00. The van der Waals surface area contributed by atoms with Gasteiger partial charge in [-0.15, -0.1) is 0 Å². The lowest BCUT2D eigenvalue weighted by Crippen LogP contribution is -2.53. The number of hydrogen-bond donors (Lipinski definition) is 1. The van der Waals surface area contributed by atoms with Crippen molar-refractivity contribution in [3.63, 3.8) is 0 Å². The third-order valence-electron chi connectivity index (χ3n) is 5.04. The highest BCUT2D eigenvalue weighted by Gasteiger charge is 2.29. The van der Waals surface area contributed by atoms with Crippen LogP contribution in [0.15, 0.2) is 30.3 Å². The fraction of sp³-hybridized carbons (Fsp3) is 0.632. The molecule has 1 heterocycles. The van der Waals surface area contributed by atoms with Crippen molar-refractivity contribution in [3.8, 4) is 0 Å². The summed E-state index contributed by atoms with van der Waals surface area (Å²) >= 11 is 0. The number of likely N-dealkylation sites (tertiary alicyclic amines) is 1. The van der Waals surface area contributed by atoms with E-state index in [1.807, 2.05) is 35.2 Å². The molecule has 3 heteroatoms. The molecule has 0 radical (unpaired) electrons. The number of carbonyl (C=O) groups is 1. The van der Waals surface area contributed by atoms with Gasteiger partial charge in [0.15, 0.2) is 0 Å². The highest BCUT2D eigenvalue weighted by atomic mass is 16.2. The molecule has 1 aliphatic carbocycles.